The molecule has 2 aromatic carbocycles. The molecule has 1 heterocycles. The highest BCUT2D eigenvalue weighted by molar-refractivity contribution is 8.18. The highest BCUT2D eigenvalue weighted by Gasteiger charge is 2.34. The van der Waals surface area contributed by atoms with Gasteiger partial charge in [0.25, 0.3) is 11.1 Å². The summed E-state index contributed by atoms with van der Waals surface area (Å²) in [6.45, 7) is 2.84. The minimum absolute atomic E-state index is 0.221. The third-order valence-corrected chi connectivity index (χ3v) is 4.75. The molecule has 3 rings (SSSR count). The van der Waals surface area contributed by atoms with E-state index in [1.165, 1.54) is 4.90 Å². The lowest BCUT2D eigenvalue weighted by Crippen LogP contribution is -2.30. The second-order valence-corrected chi connectivity index (χ2v) is 6.53. The number of imide groups is 1. The maximum absolute atomic E-state index is 12.6. The lowest BCUT2D eigenvalue weighted by molar-refractivity contribution is -0.122. The molecule has 1 fully saturated rings. The second-order valence-electron chi connectivity index (χ2n) is 5.54. The van der Waals surface area contributed by atoms with E-state index in [9.17, 15) is 9.59 Å². The Labute approximate surface area is 151 Å². The molecule has 25 heavy (non-hydrogen) atoms. The van der Waals surface area contributed by atoms with E-state index in [2.05, 4.69) is 0 Å². The van der Waals surface area contributed by atoms with Crippen molar-refractivity contribution in [1.29, 1.82) is 0 Å². The van der Waals surface area contributed by atoms with E-state index < -0.39 is 0 Å². The van der Waals surface area contributed by atoms with Crippen molar-refractivity contribution in [3.05, 3.63) is 70.6 Å². The zero-order valence-corrected chi connectivity index (χ0v) is 14.8. The molecule has 0 spiro atoms. The smallest absolute Gasteiger partial charge is 0.293 e. The first-order chi connectivity index (χ1) is 12.2. The van der Waals surface area contributed by atoms with Crippen LogP contribution in [-0.4, -0.2) is 29.2 Å². The molecule has 1 saturated heterocycles. The van der Waals surface area contributed by atoms with E-state index in [1.807, 2.05) is 61.5 Å². The van der Waals surface area contributed by atoms with Gasteiger partial charge in [0.15, 0.2) is 0 Å². The van der Waals surface area contributed by atoms with Gasteiger partial charge in [-0.05, 0) is 42.8 Å². The van der Waals surface area contributed by atoms with Gasteiger partial charge in [-0.15, -0.1) is 0 Å². The predicted molar refractivity (Wildman–Crippen MR) is 100 cm³/mol. The quantitative estimate of drug-likeness (QED) is 0.724. The number of benzene rings is 2. The Bertz CT molecular complexity index is 802. The van der Waals surface area contributed by atoms with E-state index >= 15 is 0 Å². The number of ether oxygens (including phenoxy) is 1. The number of hydrogen-bond acceptors (Lipinski definition) is 4. The number of amides is 2. The molecule has 0 aromatic heterocycles. The fourth-order valence-electron chi connectivity index (χ4n) is 2.61. The van der Waals surface area contributed by atoms with Crippen LogP contribution < -0.4 is 4.74 Å². The Balaban J connectivity index is 1.75. The van der Waals surface area contributed by atoms with Crippen LogP contribution in [0.1, 0.15) is 18.1 Å². The summed E-state index contributed by atoms with van der Waals surface area (Å²) >= 11 is 0.982. The molecule has 128 valence electrons. The van der Waals surface area contributed by atoms with Gasteiger partial charge in [0, 0.05) is 12.1 Å². The van der Waals surface area contributed by atoms with Gasteiger partial charge < -0.3 is 4.74 Å². The molecule has 2 aromatic rings. The van der Waals surface area contributed by atoms with E-state index in [1.54, 1.807) is 6.08 Å². The van der Waals surface area contributed by atoms with Crippen LogP contribution in [0.15, 0.2) is 59.5 Å². The number of para-hydroxylation sites is 1. The lowest BCUT2D eigenvalue weighted by atomic mass is 10.1. The maximum atomic E-state index is 12.6. The summed E-state index contributed by atoms with van der Waals surface area (Å²) in [5.74, 6) is 0.471. The SMILES string of the molecule is CCOc1ccccc1/C=C1\SC(=O)N(CCc2ccccc2)C1=O. The number of thioether (sulfide) groups is 1. The first-order valence-corrected chi connectivity index (χ1v) is 9.02. The number of carbonyl (C=O) groups is 2. The van der Waals surface area contributed by atoms with Gasteiger partial charge in [-0.25, -0.2) is 0 Å². The Morgan fingerprint density at radius 1 is 1.04 bits per heavy atom. The molecule has 5 heteroatoms. The first kappa shape index (κ1) is 17.3. The van der Waals surface area contributed by atoms with Crippen molar-refractivity contribution in [2.24, 2.45) is 0 Å². The largest absolute Gasteiger partial charge is 0.493 e. The topological polar surface area (TPSA) is 46.6 Å². The standard InChI is InChI=1S/C20H19NO3S/c1-2-24-17-11-7-6-10-16(17)14-18-19(22)21(20(23)25-18)13-12-15-8-4-3-5-9-15/h3-11,14H,2,12-13H2,1H3/b18-14-. The summed E-state index contributed by atoms with van der Waals surface area (Å²) in [6, 6.07) is 17.3. The van der Waals surface area contributed by atoms with Crippen molar-refractivity contribution in [2.45, 2.75) is 13.3 Å². The number of nitrogens with zero attached hydrogens (tertiary/aromatic N) is 1. The Kier molecular flexibility index (Phi) is 5.56. The molecular formula is C20H19NO3S. The minimum Gasteiger partial charge on any atom is -0.493 e. The van der Waals surface area contributed by atoms with Crippen molar-refractivity contribution in [2.75, 3.05) is 13.2 Å². The third-order valence-electron chi connectivity index (χ3n) is 3.85. The van der Waals surface area contributed by atoms with Crippen LogP contribution in [0, 0.1) is 0 Å². The number of hydrogen-bond donors (Lipinski definition) is 0. The zero-order chi connectivity index (χ0) is 17.6. The molecule has 0 atom stereocenters. The maximum Gasteiger partial charge on any atom is 0.293 e. The average Bonchev–Trinajstić information content (AvgIpc) is 2.89. The monoisotopic (exact) mass is 353 g/mol. The van der Waals surface area contributed by atoms with Crippen LogP contribution in [0.4, 0.5) is 4.79 Å². The highest BCUT2D eigenvalue weighted by Crippen LogP contribution is 2.34. The Hall–Kier alpha value is -2.53. The summed E-state index contributed by atoms with van der Waals surface area (Å²) in [7, 11) is 0. The molecule has 0 bridgehead atoms. The van der Waals surface area contributed by atoms with Crippen molar-refractivity contribution in [1.82, 2.24) is 4.90 Å². The fourth-order valence-corrected chi connectivity index (χ4v) is 3.46. The fraction of sp³-hybridized carbons (Fsp3) is 0.200. The molecule has 0 N–H and O–H groups in total. The van der Waals surface area contributed by atoms with Crippen molar-refractivity contribution < 1.29 is 14.3 Å². The van der Waals surface area contributed by atoms with Gasteiger partial charge in [-0.1, -0.05) is 48.5 Å². The minimum atomic E-state index is -0.239. The van der Waals surface area contributed by atoms with Crippen LogP contribution in [0.5, 0.6) is 5.75 Å². The predicted octanol–water partition coefficient (Wildman–Crippen LogP) is 4.36. The normalized spacial score (nSPS) is 15.9. The molecule has 0 aliphatic carbocycles. The highest BCUT2D eigenvalue weighted by atomic mass is 32.2. The molecule has 1 aliphatic heterocycles. The van der Waals surface area contributed by atoms with Gasteiger partial charge in [0.05, 0.1) is 11.5 Å². The molecule has 2 amide bonds. The Morgan fingerprint density at radius 2 is 1.76 bits per heavy atom. The van der Waals surface area contributed by atoms with Crippen LogP contribution >= 0.6 is 11.8 Å². The number of rotatable bonds is 6. The molecule has 0 saturated carbocycles. The Morgan fingerprint density at radius 3 is 2.52 bits per heavy atom. The van der Waals surface area contributed by atoms with E-state index in [0.717, 1.165) is 22.9 Å². The summed E-state index contributed by atoms with van der Waals surface area (Å²) in [5, 5.41) is -0.221. The third kappa shape index (κ3) is 4.12. The molecular weight excluding hydrogens is 334 g/mol. The second kappa shape index (κ2) is 8.03. The summed E-state index contributed by atoms with van der Waals surface area (Å²) in [4.78, 5) is 26.5. The van der Waals surface area contributed by atoms with E-state index in [0.29, 0.717) is 30.2 Å². The van der Waals surface area contributed by atoms with Gasteiger partial charge in [0.1, 0.15) is 5.75 Å². The first-order valence-electron chi connectivity index (χ1n) is 8.20. The summed E-state index contributed by atoms with van der Waals surface area (Å²) in [5.41, 5.74) is 1.91. The molecule has 4 nitrogen and oxygen atoms in total. The van der Waals surface area contributed by atoms with Crippen LogP contribution in [-0.2, 0) is 11.2 Å². The van der Waals surface area contributed by atoms with Gasteiger partial charge in [-0.2, -0.15) is 0 Å². The van der Waals surface area contributed by atoms with Crippen LogP contribution in [0.2, 0.25) is 0 Å². The van der Waals surface area contributed by atoms with Gasteiger partial charge in [-0.3, -0.25) is 14.5 Å². The van der Waals surface area contributed by atoms with Crippen LogP contribution in [0.25, 0.3) is 6.08 Å². The van der Waals surface area contributed by atoms with E-state index in [4.69, 9.17) is 4.74 Å². The van der Waals surface area contributed by atoms with Crippen molar-refractivity contribution in [3.8, 4) is 5.75 Å². The van der Waals surface area contributed by atoms with Gasteiger partial charge in [0.2, 0.25) is 0 Å². The molecule has 1 aliphatic rings. The number of carbonyl (C=O) groups excluding carboxylic acids is 2. The summed E-state index contributed by atoms with van der Waals surface area (Å²) < 4.78 is 5.58. The van der Waals surface area contributed by atoms with Crippen molar-refractivity contribution in [3.63, 3.8) is 0 Å². The molecule has 0 radical (unpaired) electrons. The van der Waals surface area contributed by atoms with Crippen LogP contribution in [0.3, 0.4) is 0 Å². The van der Waals surface area contributed by atoms with E-state index in [-0.39, 0.29) is 11.1 Å². The lowest BCUT2D eigenvalue weighted by Gasteiger charge is -2.12. The summed E-state index contributed by atoms with van der Waals surface area (Å²) in [6.07, 6.45) is 2.39. The van der Waals surface area contributed by atoms with Gasteiger partial charge >= 0.3 is 0 Å². The average molecular weight is 353 g/mol. The van der Waals surface area contributed by atoms with Crippen molar-refractivity contribution >= 4 is 29.0 Å². The molecule has 0 unspecified atom stereocenters. The zero-order valence-electron chi connectivity index (χ0n) is 14.0.